The summed E-state index contributed by atoms with van der Waals surface area (Å²) in [5.74, 6) is -0.307. The fourth-order valence-electron chi connectivity index (χ4n) is 0.887. The third-order valence-corrected chi connectivity index (χ3v) is 2.12. The molecule has 0 radical (unpaired) electrons. The predicted molar refractivity (Wildman–Crippen MR) is 43.5 cm³/mol. The SMILES string of the molecule is COCC(C)C(C)(OC)OC. The van der Waals surface area contributed by atoms with Crippen LogP contribution in [-0.4, -0.2) is 33.7 Å². The first-order valence-electron chi connectivity index (χ1n) is 3.70. The van der Waals surface area contributed by atoms with Crippen LogP contribution in [0.25, 0.3) is 0 Å². The third-order valence-electron chi connectivity index (χ3n) is 2.12. The average molecular weight is 162 g/mol. The molecule has 1 unspecified atom stereocenters. The van der Waals surface area contributed by atoms with Crippen LogP contribution in [-0.2, 0) is 14.2 Å². The fraction of sp³-hybridized carbons (Fsp3) is 1.00. The van der Waals surface area contributed by atoms with E-state index in [1.54, 1.807) is 21.3 Å². The lowest BCUT2D eigenvalue weighted by atomic mass is 10.0. The van der Waals surface area contributed by atoms with E-state index in [0.29, 0.717) is 6.61 Å². The van der Waals surface area contributed by atoms with E-state index >= 15 is 0 Å². The number of methoxy groups -OCH3 is 3. The van der Waals surface area contributed by atoms with Crippen molar-refractivity contribution in [2.24, 2.45) is 5.92 Å². The Labute approximate surface area is 68.6 Å². The molecule has 0 aromatic heterocycles. The summed E-state index contributed by atoms with van der Waals surface area (Å²) in [6.07, 6.45) is 0. The quantitative estimate of drug-likeness (QED) is 0.570. The minimum absolute atomic E-state index is 0.225. The molecule has 11 heavy (non-hydrogen) atoms. The van der Waals surface area contributed by atoms with Gasteiger partial charge in [0.1, 0.15) is 0 Å². The number of hydrogen-bond acceptors (Lipinski definition) is 3. The van der Waals surface area contributed by atoms with Gasteiger partial charge in [0.25, 0.3) is 0 Å². The van der Waals surface area contributed by atoms with Gasteiger partial charge in [-0.3, -0.25) is 0 Å². The lowest BCUT2D eigenvalue weighted by Crippen LogP contribution is -2.39. The van der Waals surface area contributed by atoms with Crippen LogP contribution in [0.5, 0.6) is 0 Å². The van der Waals surface area contributed by atoms with Crippen LogP contribution < -0.4 is 0 Å². The van der Waals surface area contributed by atoms with Gasteiger partial charge in [0.05, 0.1) is 6.61 Å². The molecular weight excluding hydrogens is 144 g/mol. The maximum atomic E-state index is 5.20. The topological polar surface area (TPSA) is 27.7 Å². The summed E-state index contributed by atoms with van der Waals surface area (Å²) < 4.78 is 15.4. The highest BCUT2D eigenvalue weighted by Gasteiger charge is 2.30. The molecule has 0 bridgehead atoms. The van der Waals surface area contributed by atoms with E-state index in [0.717, 1.165) is 0 Å². The second kappa shape index (κ2) is 4.70. The zero-order chi connectivity index (χ0) is 8.91. The maximum absolute atomic E-state index is 5.20. The van der Waals surface area contributed by atoms with Crippen LogP contribution in [0.1, 0.15) is 13.8 Å². The van der Waals surface area contributed by atoms with Crippen molar-refractivity contribution in [2.75, 3.05) is 27.9 Å². The van der Waals surface area contributed by atoms with Gasteiger partial charge in [-0.25, -0.2) is 0 Å². The molecule has 0 N–H and O–H groups in total. The zero-order valence-corrected chi connectivity index (χ0v) is 8.01. The van der Waals surface area contributed by atoms with E-state index in [1.807, 2.05) is 13.8 Å². The Hall–Kier alpha value is -0.120. The molecule has 0 saturated carbocycles. The van der Waals surface area contributed by atoms with Crippen LogP contribution in [0.3, 0.4) is 0 Å². The van der Waals surface area contributed by atoms with Gasteiger partial charge in [-0.2, -0.15) is 0 Å². The summed E-state index contributed by atoms with van der Waals surface area (Å²) in [6.45, 7) is 4.56. The molecular formula is C8H18O3. The second-order valence-corrected chi connectivity index (χ2v) is 2.78. The highest BCUT2D eigenvalue weighted by molar-refractivity contribution is 4.69. The molecule has 0 aliphatic heterocycles. The Kier molecular flexibility index (Phi) is 4.65. The molecule has 0 aliphatic carbocycles. The molecule has 0 rings (SSSR count). The molecule has 0 aromatic rings. The Balaban J connectivity index is 4.00. The summed E-state index contributed by atoms with van der Waals surface area (Å²) >= 11 is 0. The van der Waals surface area contributed by atoms with Gasteiger partial charge in [0, 0.05) is 27.2 Å². The Morgan fingerprint density at radius 2 is 1.64 bits per heavy atom. The molecule has 0 aromatic carbocycles. The number of rotatable bonds is 5. The van der Waals surface area contributed by atoms with Crippen LogP contribution in [0, 0.1) is 5.92 Å². The Bertz CT molecular complexity index is 99.5. The van der Waals surface area contributed by atoms with E-state index in [1.165, 1.54) is 0 Å². The summed E-state index contributed by atoms with van der Waals surface area (Å²) in [5, 5.41) is 0. The zero-order valence-electron chi connectivity index (χ0n) is 8.01. The molecule has 0 spiro atoms. The first-order valence-corrected chi connectivity index (χ1v) is 3.70. The van der Waals surface area contributed by atoms with Crippen molar-refractivity contribution in [3.63, 3.8) is 0 Å². The van der Waals surface area contributed by atoms with Gasteiger partial charge < -0.3 is 14.2 Å². The van der Waals surface area contributed by atoms with Gasteiger partial charge in [0.15, 0.2) is 5.79 Å². The molecule has 0 amide bonds. The van der Waals surface area contributed by atoms with Crippen LogP contribution in [0.2, 0.25) is 0 Å². The van der Waals surface area contributed by atoms with Crippen LogP contribution >= 0.6 is 0 Å². The molecule has 3 nitrogen and oxygen atoms in total. The van der Waals surface area contributed by atoms with Crippen molar-refractivity contribution >= 4 is 0 Å². The molecule has 1 atom stereocenters. The smallest absolute Gasteiger partial charge is 0.169 e. The summed E-state index contributed by atoms with van der Waals surface area (Å²) in [6, 6.07) is 0. The van der Waals surface area contributed by atoms with Crippen molar-refractivity contribution in [2.45, 2.75) is 19.6 Å². The number of ether oxygens (including phenoxy) is 3. The minimum atomic E-state index is -0.532. The second-order valence-electron chi connectivity index (χ2n) is 2.78. The monoisotopic (exact) mass is 162 g/mol. The predicted octanol–water partition coefficient (Wildman–Crippen LogP) is 1.28. The highest BCUT2D eigenvalue weighted by atomic mass is 16.7. The maximum Gasteiger partial charge on any atom is 0.169 e. The fourth-order valence-corrected chi connectivity index (χ4v) is 0.887. The molecule has 68 valence electrons. The summed E-state index contributed by atoms with van der Waals surface area (Å²) in [5.41, 5.74) is 0. The van der Waals surface area contributed by atoms with Crippen molar-refractivity contribution < 1.29 is 14.2 Å². The number of hydrogen-bond donors (Lipinski definition) is 0. The van der Waals surface area contributed by atoms with Crippen molar-refractivity contribution in [1.82, 2.24) is 0 Å². The largest absolute Gasteiger partial charge is 0.384 e. The van der Waals surface area contributed by atoms with E-state index in [9.17, 15) is 0 Å². The molecule has 0 heterocycles. The third kappa shape index (κ3) is 2.77. The first kappa shape index (κ1) is 10.9. The van der Waals surface area contributed by atoms with Crippen molar-refractivity contribution in [3.05, 3.63) is 0 Å². The van der Waals surface area contributed by atoms with Gasteiger partial charge in [0.2, 0.25) is 0 Å². The Morgan fingerprint density at radius 1 is 1.18 bits per heavy atom. The van der Waals surface area contributed by atoms with E-state index < -0.39 is 5.79 Å². The van der Waals surface area contributed by atoms with E-state index in [2.05, 4.69) is 0 Å². The average Bonchev–Trinajstić information content (AvgIpc) is 2.03. The van der Waals surface area contributed by atoms with Gasteiger partial charge in [-0.05, 0) is 6.92 Å². The first-order chi connectivity index (χ1) is 5.10. The summed E-state index contributed by atoms with van der Waals surface area (Å²) in [7, 11) is 4.94. The molecule has 0 saturated heterocycles. The lowest BCUT2D eigenvalue weighted by molar-refractivity contribution is -0.230. The molecule has 0 aliphatic rings. The van der Waals surface area contributed by atoms with Gasteiger partial charge in [-0.15, -0.1) is 0 Å². The Morgan fingerprint density at radius 3 is 1.91 bits per heavy atom. The minimum Gasteiger partial charge on any atom is -0.384 e. The van der Waals surface area contributed by atoms with E-state index in [-0.39, 0.29) is 5.92 Å². The van der Waals surface area contributed by atoms with Crippen molar-refractivity contribution in [3.8, 4) is 0 Å². The molecule has 3 heteroatoms. The lowest BCUT2D eigenvalue weighted by Gasteiger charge is -2.32. The van der Waals surface area contributed by atoms with Gasteiger partial charge >= 0.3 is 0 Å². The summed E-state index contributed by atoms with van der Waals surface area (Å²) in [4.78, 5) is 0. The van der Waals surface area contributed by atoms with Crippen LogP contribution in [0.15, 0.2) is 0 Å². The standard InChI is InChI=1S/C8H18O3/c1-7(6-9-3)8(2,10-4)11-5/h7H,6H2,1-5H3. The normalized spacial score (nSPS) is 15.0. The van der Waals surface area contributed by atoms with E-state index in [4.69, 9.17) is 14.2 Å². The van der Waals surface area contributed by atoms with Crippen LogP contribution in [0.4, 0.5) is 0 Å². The molecule has 0 fully saturated rings. The van der Waals surface area contributed by atoms with Crippen molar-refractivity contribution in [1.29, 1.82) is 0 Å². The highest BCUT2D eigenvalue weighted by Crippen LogP contribution is 2.21. The van der Waals surface area contributed by atoms with Gasteiger partial charge in [-0.1, -0.05) is 6.92 Å².